The van der Waals surface area contributed by atoms with Gasteiger partial charge in [0.1, 0.15) is 17.9 Å². The van der Waals surface area contributed by atoms with Crippen LogP contribution in [0.5, 0.6) is 0 Å². The molecule has 0 bridgehead atoms. The summed E-state index contributed by atoms with van der Waals surface area (Å²) in [6.07, 6.45) is 13.6. The van der Waals surface area contributed by atoms with Crippen LogP contribution >= 0.6 is 0 Å². The van der Waals surface area contributed by atoms with E-state index in [2.05, 4.69) is 25.2 Å². The molecule has 5 rings (SSSR count). The Balaban J connectivity index is 1.32. The average molecular weight is 414 g/mol. The molecule has 8 atom stereocenters. The van der Waals surface area contributed by atoms with Crippen LogP contribution in [0.3, 0.4) is 0 Å². The maximum absolute atomic E-state index is 12.5. The number of ketones is 1. The van der Waals surface area contributed by atoms with Crippen molar-refractivity contribution in [2.75, 3.05) is 6.54 Å². The highest BCUT2D eigenvalue weighted by atomic mass is 16.5. The topological polar surface area (TPSA) is 55.4 Å². The fourth-order valence-corrected chi connectivity index (χ4v) is 8.57. The van der Waals surface area contributed by atoms with Crippen molar-refractivity contribution in [1.82, 2.24) is 5.32 Å². The van der Waals surface area contributed by atoms with Crippen LogP contribution in [0, 0.1) is 34.5 Å². The molecule has 1 aliphatic heterocycles. The smallest absolute Gasteiger partial charge is 0.323 e. The number of ether oxygens (including phenoxy) is 1. The molecule has 3 unspecified atom stereocenters. The standard InChI is InChI=1S/C26H39NO3/c1-16(28)20-8-9-21-19-7-6-17-15-18(30-24(29)23-5-4-14-27-23)10-12-25(17,2)22(19)11-13-26(20,21)3/h15,18-23,27H,4-14H2,1-3H3/t18-,19?,20+,21?,22?,23-,25-,26+/m0/s1. The number of carbonyl (C=O) groups excluding carboxylic acids is 2. The predicted octanol–water partition coefficient (Wildman–Crippen LogP) is 4.82. The molecule has 0 aromatic heterocycles. The first-order valence-corrected chi connectivity index (χ1v) is 12.5. The quantitative estimate of drug-likeness (QED) is 0.532. The second-order valence-corrected chi connectivity index (χ2v) is 11.5. The van der Waals surface area contributed by atoms with Gasteiger partial charge < -0.3 is 10.1 Å². The molecule has 4 fully saturated rings. The Kier molecular flexibility index (Phi) is 5.16. The zero-order valence-electron chi connectivity index (χ0n) is 19.0. The Morgan fingerprint density at radius 3 is 2.60 bits per heavy atom. The first kappa shape index (κ1) is 20.7. The van der Waals surface area contributed by atoms with Crippen LogP contribution in [0.25, 0.3) is 0 Å². The van der Waals surface area contributed by atoms with E-state index in [0.717, 1.165) is 56.9 Å². The van der Waals surface area contributed by atoms with Gasteiger partial charge >= 0.3 is 5.97 Å². The van der Waals surface area contributed by atoms with Gasteiger partial charge in [0, 0.05) is 5.92 Å². The number of rotatable bonds is 3. The van der Waals surface area contributed by atoms with Crippen LogP contribution in [0.1, 0.15) is 85.0 Å². The molecule has 4 nitrogen and oxygen atoms in total. The van der Waals surface area contributed by atoms with Gasteiger partial charge in [0.25, 0.3) is 0 Å². The van der Waals surface area contributed by atoms with Crippen molar-refractivity contribution in [2.45, 2.75) is 97.1 Å². The van der Waals surface area contributed by atoms with Crippen LogP contribution in [0.4, 0.5) is 0 Å². The molecule has 30 heavy (non-hydrogen) atoms. The van der Waals surface area contributed by atoms with Gasteiger partial charge in [0.15, 0.2) is 0 Å². The maximum atomic E-state index is 12.5. The molecule has 0 aromatic rings. The summed E-state index contributed by atoms with van der Waals surface area (Å²) in [5, 5.41) is 3.26. The Labute approximate surface area is 181 Å². The molecule has 1 N–H and O–H groups in total. The van der Waals surface area contributed by atoms with E-state index in [4.69, 9.17) is 4.74 Å². The minimum Gasteiger partial charge on any atom is -0.457 e. The second kappa shape index (κ2) is 7.46. The molecular weight excluding hydrogens is 374 g/mol. The summed E-state index contributed by atoms with van der Waals surface area (Å²) in [6.45, 7) is 7.66. The van der Waals surface area contributed by atoms with Crippen molar-refractivity contribution in [3.8, 4) is 0 Å². The van der Waals surface area contributed by atoms with Crippen LogP contribution in [0.15, 0.2) is 11.6 Å². The van der Waals surface area contributed by atoms with E-state index in [9.17, 15) is 9.59 Å². The normalized spacial score (nSPS) is 47.6. The summed E-state index contributed by atoms with van der Waals surface area (Å²) >= 11 is 0. The van der Waals surface area contributed by atoms with Gasteiger partial charge in [-0.15, -0.1) is 0 Å². The molecule has 0 spiro atoms. The van der Waals surface area contributed by atoms with E-state index < -0.39 is 0 Å². The van der Waals surface area contributed by atoms with E-state index in [1.54, 1.807) is 5.57 Å². The van der Waals surface area contributed by atoms with E-state index in [0.29, 0.717) is 11.7 Å². The molecule has 4 aliphatic carbocycles. The number of allylic oxidation sites excluding steroid dienone is 1. The lowest BCUT2D eigenvalue weighted by molar-refractivity contribution is -0.150. The van der Waals surface area contributed by atoms with E-state index in [1.165, 1.54) is 25.7 Å². The number of hydrogen-bond donors (Lipinski definition) is 1. The number of hydrogen-bond acceptors (Lipinski definition) is 4. The van der Waals surface area contributed by atoms with Gasteiger partial charge in [-0.1, -0.05) is 19.4 Å². The number of carbonyl (C=O) groups is 2. The van der Waals surface area contributed by atoms with E-state index >= 15 is 0 Å². The van der Waals surface area contributed by atoms with Gasteiger partial charge in [-0.3, -0.25) is 9.59 Å². The summed E-state index contributed by atoms with van der Waals surface area (Å²) in [4.78, 5) is 24.8. The monoisotopic (exact) mass is 413 g/mol. The summed E-state index contributed by atoms with van der Waals surface area (Å²) < 4.78 is 5.92. The number of nitrogens with one attached hydrogen (secondary N) is 1. The summed E-state index contributed by atoms with van der Waals surface area (Å²) in [7, 11) is 0. The molecule has 0 aromatic carbocycles. The fraction of sp³-hybridized carbons (Fsp3) is 0.846. The molecule has 0 radical (unpaired) electrons. The lowest BCUT2D eigenvalue weighted by Gasteiger charge is -2.58. The molecule has 0 amide bonds. The lowest BCUT2D eigenvalue weighted by atomic mass is 9.46. The largest absolute Gasteiger partial charge is 0.457 e. The molecule has 4 heteroatoms. The lowest BCUT2D eigenvalue weighted by Crippen LogP contribution is -2.51. The highest BCUT2D eigenvalue weighted by Gasteiger charge is 2.59. The van der Waals surface area contributed by atoms with Crippen molar-refractivity contribution in [3.05, 3.63) is 11.6 Å². The third-order valence-electron chi connectivity index (χ3n) is 10.2. The highest BCUT2D eigenvalue weighted by Crippen LogP contribution is 2.66. The summed E-state index contributed by atoms with van der Waals surface area (Å²) in [5.74, 6) is 2.85. The van der Waals surface area contributed by atoms with E-state index in [1.807, 2.05) is 6.92 Å². The first-order valence-electron chi connectivity index (χ1n) is 12.5. The minimum atomic E-state index is -0.0972. The third kappa shape index (κ3) is 3.12. The molecular formula is C26H39NO3. The zero-order chi connectivity index (χ0) is 21.1. The Morgan fingerprint density at radius 1 is 1.03 bits per heavy atom. The van der Waals surface area contributed by atoms with Crippen molar-refractivity contribution in [1.29, 1.82) is 0 Å². The zero-order valence-corrected chi connectivity index (χ0v) is 19.0. The van der Waals surface area contributed by atoms with Gasteiger partial charge in [0.05, 0.1) is 0 Å². The van der Waals surface area contributed by atoms with Crippen molar-refractivity contribution >= 4 is 11.8 Å². The van der Waals surface area contributed by atoms with Crippen molar-refractivity contribution < 1.29 is 14.3 Å². The second-order valence-electron chi connectivity index (χ2n) is 11.5. The maximum Gasteiger partial charge on any atom is 0.323 e. The predicted molar refractivity (Wildman–Crippen MR) is 117 cm³/mol. The molecule has 5 aliphatic rings. The van der Waals surface area contributed by atoms with Gasteiger partial charge in [-0.05, 0) is 112 Å². The molecule has 3 saturated carbocycles. The third-order valence-corrected chi connectivity index (χ3v) is 10.2. The van der Waals surface area contributed by atoms with Crippen LogP contribution < -0.4 is 5.32 Å². The van der Waals surface area contributed by atoms with Crippen LogP contribution in [-0.2, 0) is 14.3 Å². The molecule has 1 heterocycles. The first-order chi connectivity index (χ1) is 14.3. The van der Waals surface area contributed by atoms with Crippen molar-refractivity contribution in [2.24, 2.45) is 34.5 Å². The average Bonchev–Trinajstić information content (AvgIpc) is 3.35. The van der Waals surface area contributed by atoms with Crippen molar-refractivity contribution in [3.63, 3.8) is 0 Å². The van der Waals surface area contributed by atoms with E-state index in [-0.39, 0.29) is 34.9 Å². The number of fused-ring (bicyclic) bond motifs is 5. The fourth-order valence-electron chi connectivity index (χ4n) is 8.57. The molecule has 1 saturated heterocycles. The molecule has 166 valence electrons. The Hall–Kier alpha value is -1.16. The van der Waals surface area contributed by atoms with Gasteiger partial charge in [-0.2, -0.15) is 0 Å². The Morgan fingerprint density at radius 2 is 1.87 bits per heavy atom. The number of Topliss-reactive ketones (excluding diaryl/α,β-unsaturated/α-hetero) is 1. The Bertz CT molecular complexity index is 753. The van der Waals surface area contributed by atoms with Crippen LogP contribution in [-0.4, -0.2) is 30.4 Å². The van der Waals surface area contributed by atoms with Gasteiger partial charge in [-0.25, -0.2) is 0 Å². The minimum absolute atomic E-state index is 0.0399. The highest BCUT2D eigenvalue weighted by molar-refractivity contribution is 5.79. The number of esters is 1. The summed E-state index contributed by atoms with van der Waals surface area (Å²) in [5.41, 5.74) is 2.04. The summed E-state index contributed by atoms with van der Waals surface area (Å²) in [6, 6.07) is -0.0972. The SMILES string of the molecule is CC(=O)[C@H]1CCC2C3CCC4=C[C@@H](OC(=O)[C@@H]5CCCN5)CC[C@]4(C)C3CC[C@@]21C. The van der Waals surface area contributed by atoms with Gasteiger partial charge in [0.2, 0.25) is 0 Å². The van der Waals surface area contributed by atoms with Crippen LogP contribution in [0.2, 0.25) is 0 Å².